The molecule has 1 N–H and O–H groups in total. The molecule has 0 amide bonds. The van der Waals surface area contributed by atoms with Crippen molar-refractivity contribution in [3.8, 4) is 5.88 Å². The number of hydrogen-bond donors (Lipinski definition) is 1. The van der Waals surface area contributed by atoms with Gasteiger partial charge in [0.15, 0.2) is 0 Å². The van der Waals surface area contributed by atoms with Crippen molar-refractivity contribution in [1.29, 1.82) is 0 Å². The Morgan fingerprint density at radius 1 is 1.23 bits per heavy atom. The highest BCUT2D eigenvalue weighted by atomic mass is 127. The summed E-state index contributed by atoms with van der Waals surface area (Å²) >= 11 is 1.81. The maximum absolute atomic E-state index is 5.98. The van der Waals surface area contributed by atoms with Crippen molar-refractivity contribution >= 4 is 62.5 Å². The molecule has 158 valence electrons. The van der Waals surface area contributed by atoms with Gasteiger partial charge >= 0.3 is 0 Å². The summed E-state index contributed by atoms with van der Waals surface area (Å²) in [5.41, 5.74) is 3.49. The molecule has 3 aromatic rings. The van der Waals surface area contributed by atoms with Gasteiger partial charge in [0.05, 0.1) is 6.61 Å². The third kappa shape index (κ3) is 3.73. The number of nitrogens with zero attached hydrogens (tertiary/aromatic N) is 4. The van der Waals surface area contributed by atoms with E-state index in [0.717, 1.165) is 60.0 Å². The molecule has 1 unspecified atom stereocenters. The average Bonchev–Trinajstić information content (AvgIpc) is 3.19. The summed E-state index contributed by atoms with van der Waals surface area (Å²) in [6, 6.07) is 2.30. The first-order valence-electron chi connectivity index (χ1n) is 10.6. The van der Waals surface area contributed by atoms with Crippen LogP contribution < -0.4 is 15.0 Å². The summed E-state index contributed by atoms with van der Waals surface area (Å²) in [4.78, 5) is 18.3. The number of anilines is 1. The number of piperazine rings is 1. The van der Waals surface area contributed by atoms with Crippen molar-refractivity contribution in [3.63, 3.8) is 0 Å². The summed E-state index contributed by atoms with van der Waals surface area (Å²) in [7, 11) is 0. The standard InChI is InChI=1S/C22H26IN5OS/c1-3-14-13-16(15-5-7-23-8-6-15)25-21-17(14)18-19(30-21)20(29-4-2)27-22(26-18)28-11-9-24-10-12-28/h5,7-8,13,15,24H,3-4,6,9-12H2,1-2H3. The van der Waals surface area contributed by atoms with Gasteiger partial charge in [-0.05, 0) is 39.5 Å². The van der Waals surface area contributed by atoms with Crippen molar-refractivity contribution in [1.82, 2.24) is 20.3 Å². The second kappa shape index (κ2) is 8.84. The zero-order valence-corrected chi connectivity index (χ0v) is 20.3. The van der Waals surface area contributed by atoms with Crippen LogP contribution in [0.15, 0.2) is 16.2 Å². The third-order valence-corrected chi connectivity index (χ3v) is 8.51. The van der Waals surface area contributed by atoms with Gasteiger partial charge < -0.3 is 15.0 Å². The minimum Gasteiger partial charge on any atom is -0.477 e. The Hall–Kier alpha value is -1.65. The molecule has 0 spiro atoms. The quantitative estimate of drug-likeness (QED) is 0.490. The Morgan fingerprint density at radius 3 is 2.83 bits per heavy atom. The van der Waals surface area contributed by atoms with E-state index in [1.165, 1.54) is 16.6 Å². The van der Waals surface area contributed by atoms with Gasteiger partial charge in [-0.2, -0.15) is 4.98 Å². The lowest BCUT2D eigenvalue weighted by molar-refractivity contribution is 0.331. The predicted octanol–water partition coefficient (Wildman–Crippen LogP) is 4.38. The summed E-state index contributed by atoms with van der Waals surface area (Å²) < 4.78 is 11.8. The Morgan fingerprint density at radius 2 is 2.10 bits per heavy atom. The molecule has 2 aliphatic heterocycles. The number of halogens is 1. The number of allylic oxidation sites excluding steroid dienone is 1. The Balaban J connectivity index is 1.70. The maximum Gasteiger partial charge on any atom is 0.236 e. The fourth-order valence-electron chi connectivity index (χ4n) is 4.03. The van der Waals surface area contributed by atoms with E-state index < -0.39 is 0 Å². The Kier molecular flexibility index (Phi) is 5.97. The number of rotatable bonds is 5. The van der Waals surface area contributed by atoms with Crippen molar-refractivity contribution in [2.45, 2.75) is 32.6 Å². The van der Waals surface area contributed by atoms with E-state index in [9.17, 15) is 0 Å². The lowest BCUT2D eigenvalue weighted by atomic mass is 9.98. The van der Waals surface area contributed by atoms with Gasteiger partial charge in [0.2, 0.25) is 11.8 Å². The minimum absolute atomic E-state index is 0.138. The maximum atomic E-state index is 5.98. The topological polar surface area (TPSA) is 63.2 Å². The number of aromatic nitrogens is 3. The number of pyridine rings is 1. The van der Waals surface area contributed by atoms with E-state index in [-0.39, 0.29) is 20.7 Å². The lowest BCUT2D eigenvalue weighted by Crippen LogP contribution is -2.44. The second-order valence-electron chi connectivity index (χ2n) is 7.46. The number of thiophene rings is 1. The Labute approximate surface area is 190 Å². The molecular formula is C22H26IN5OS. The fourth-order valence-corrected chi connectivity index (χ4v) is 7.02. The van der Waals surface area contributed by atoms with Crippen molar-refractivity contribution < 1.29 is 4.74 Å². The van der Waals surface area contributed by atoms with Gasteiger partial charge in [0.25, 0.3) is 0 Å². The first-order chi connectivity index (χ1) is 14.8. The van der Waals surface area contributed by atoms with Crippen molar-refractivity contribution in [2.75, 3.05) is 37.7 Å². The summed E-state index contributed by atoms with van der Waals surface area (Å²) in [6.07, 6.45) is 4.41. The van der Waals surface area contributed by atoms with E-state index in [0.29, 0.717) is 18.4 Å². The van der Waals surface area contributed by atoms with Gasteiger partial charge in [-0.3, -0.25) is 0 Å². The highest BCUT2D eigenvalue weighted by molar-refractivity contribution is 14.2. The molecule has 1 fully saturated rings. The normalized spacial score (nSPS) is 19.4. The van der Waals surface area contributed by atoms with Gasteiger partial charge in [-0.25, -0.2) is 9.97 Å². The molecule has 6 nitrogen and oxygen atoms in total. The first kappa shape index (κ1) is 20.3. The van der Waals surface area contributed by atoms with Crippen LogP contribution in [-0.4, -0.2) is 51.7 Å². The summed E-state index contributed by atoms with van der Waals surface area (Å²) in [5.74, 6) is 1.86. The van der Waals surface area contributed by atoms with Crippen LogP contribution in [0.5, 0.6) is 5.88 Å². The van der Waals surface area contributed by atoms with Gasteiger partial charge in [-0.1, -0.05) is 33.7 Å². The number of nitrogens with one attached hydrogen (secondary N) is 1. The van der Waals surface area contributed by atoms with Crippen LogP contribution in [0.2, 0.25) is 0 Å². The third-order valence-electron chi connectivity index (χ3n) is 5.60. The van der Waals surface area contributed by atoms with Gasteiger partial charge in [-0.15, -0.1) is 11.3 Å². The molecule has 0 aliphatic carbocycles. The van der Waals surface area contributed by atoms with Crippen LogP contribution in [0.4, 0.5) is 5.95 Å². The van der Waals surface area contributed by atoms with E-state index in [1.807, 2.05) is 6.92 Å². The van der Waals surface area contributed by atoms with E-state index in [4.69, 9.17) is 19.7 Å². The number of aryl methyl sites for hydroxylation is 1. The van der Waals surface area contributed by atoms with Crippen molar-refractivity contribution in [2.24, 2.45) is 0 Å². The molecule has 5 heterocycles. The summed E-state index contributed by atoms with van der Waals surface area (Å²) in [5, 5.41) is 4.58. The molecule has 0 aromatic carbocycles. The first-order valence-corrected chi connectivity index (χ1v) is 13.9. The molecule has 0 bridgehead atoms. The van der Waals surface area contributed by atoms with Gasteiger partial charge in [0.1, 0.15) is 15.0 Å². The highest BCUT2D eigenvalue weighted by Crippen LogP contribution is 2.41. The molecule has 3 aromatic heterocycles. The van der Waals surface area contributed by atoms with Crippen LogP contribution in [-0.2, 0) is 6.42 Å². The summed E-state index contributed by atoms with van der Waals surface area (Å²) in [6.45, 7) is 8.55. The smallest absolute Gasteiger partial charge is 0.236 e. The zero-order chi connectivity index (χ0) is 20.5. The molecule has 2 aliphatic rings. The second-order valence-corrected chi connectivity index (χ2v) is 10.8. The molecule has 30 heavy (non-hydrogen) atoms. The van der Waals surface area contributed by atoms with Crippen LogP contribution >= 0.6 is 32.1 Å². The average molecular weight is 535 g/mol. The van der Waals surface area contributed by atoms with E-state index in [2.05, 4.69) is 37.4 Å². The number of fused-ring (bicyclic) bond motifs is 3. The van der Waals surface area contributed by atoms with Crippen LogP contribution in [0.3, 0.4) is 0 Å². The Bertz CT molecular complexity index is 1140. The lowest BCUT2D eigenvalue weighted by Gasteiger charge is -2.27. The predicted molar refractivity (Wildman–Crippen MR) is 135 cm³/mol. The van der Waals surface area contributed by atoms with E-state index >= 15 is 0 Å². The molecule has 5 rings (SSSR count). The van der Waals surface area contributed by atoms with Crippen LogP contribution in [0.1, 0.15) is 37.4 Å². The molecular weight excluding hydrogens is 509 g/mol. The van der Waals surface area contributed by atoms with Crippen LogP contribution in [0.25, 0.3) is 20.4 Å². The number of ether oxygens (including phenoxy) is 1. The molecule has 0 radical (unpaired) electrons. The SMILES string of the molecule is CCOc1nc(N2CCNCC2)nc2c1sc1nc(C3C=CI=CC3)cc(CC)c12. The zero-order valence-electron chi connectivity index (χ0n) is 17.3. The minimum atomic E-state index is 0.138. The highest BCUT2D eigenvalue weighted by Gasteiger charge is 2.23. The van der Waals surface area contributed by atoms with Crippen molar-refractivity contribution in [3.05, 3.63) is 27.5 Å². The number of hydrogen-bond acceptors (Lipinski definition) is 7. The van der Waals surface area contributed by atoms with Gasteiger partial charge in [0, 0.05) is 43.2 Å². The van der Waals surface area contributed by atoms with E-state index in [1.54, 1.807) is 11.3 Å². The molecule has 1 atom stereocenters. The van der Waals surface area contributed by atoms with Crippen LogP contribution in [0, 0.1) is 0 Å². The molecule has 0 saturated carbocycles. The molecule has 1 saturated heterocycles. The monoisotopic (exact) mass is 535 g/mol. The molecule has 8 heteroatoms. The fraction of sp³-hybridized carbons (Fsp3) is 0.455. The largest absolute Gasteiger partial charge is 0.477 e.